The lowest BCUT2D eigenvalue weighted by Crippen LogP contribution is -2.25. The van der Waals surface area contributed by atoms with E-state index < -0.39 is 4.92 Å². The van der Waals surface area contributed by atoms with Crippen LogP contribution in [-0.4, -0.2) is 54.0 Å². The molecule has 0 N–H and O–H groups in total. The van der Waals surface area contributed by atoms with Gasteiger partial charge in [-0.05, 0) is 45.6 Å². The van der Waals surface area contributed by atoms with E-state index in [-0.39, 0.29) is 22.5 Å². The van der Waals surface area contributed by atoms with Crippen molar-refractivity contribution in [3.63, 3.8) is 0 Å². The maximum atomic E-state index is 11.1. The third-order valence-electron chi connectivity index (χ3n) is 2.66. The summed E-state index contributed by atoms with van der Waals surface area (Å²) in [6, 6.07) is 0. The maximum Gasteiger partial charge on any atom is 0.332 e. The second-order valence-electron chi connectivity index (χ2n) is 4.59. The van der Waals surface area contributed by atoms with E-state index in [0.29, 0.717) is 6.54 Å². The van der Waals surface area contributed by atoms with Gasteiger partial charge in [-0.15, -0.1) is 0 Å². The molecule has 0 amide bonds. The van der Waals surface area contributed by atoms with Crippen molar-refractivity contribution in [3.05, 3.63) is 21.1 Å². The molecule has 0 unspecified atom stereocenters. The first kappa shape index (κ1) is 15.6. The largest absolute Gasteiger partial charge is 0.354 e. The van der Waals surface area contributed by atoms with Crippen LogP contribution in [0.25, 0.3) is 0 Å². The van der Waals surface area contributed by atoms with E-state index in [1.807, 2.05) is 14.1 Å². The van der Waals surface area contributed by atoms with Crippen molar-refractivity contribution in [2.45, 2.75) is 13.3 Å². The van der Waals surface area contributed by atoms with Gasteiger partial charge in [0, 0.05) is 13.6 Å². The molecule has 106 valence electrons. The van der Waals surface area contributed by atoms with Gasteiger partial charge in [0.15, 0.2) is 0 Å². The van der Waals surface area contributed by atoms with Crippen molar-refractivity contribution >= 4 is 23.1 Å². The molecule has 0 aliphatic heterocycles. The Labute approximate surface area is 117 Å². The molecule has 0 aliphatic rings. The van der Waals surface area contributed by atoms with E-state index >= 15 is 0 Å². The molecule has 1 heterocycles. The monoisotopic (exact) mass is 287 g/mol. The summed E-state index contributed by atoms with van der Waals surface area (Å²) in [6.45, 7) is 3.12. The summed E-state index contributed by atoms with van der Waals surface area (Å²) in [5.74, 6) is 0.265. The van der Waals surface area contributed by atoms with Crippen LogP contribution < -0.4 is 4.90 Å². The van der Waals surface area contributed by atoms with Crippen LogP contribution in [-0.2, 0) is 0 Å². The molecule has 8 heteroatoms. The molecule has 7 nitrogen and oxygen atoms in total. The van der Waals surface area contributed by atoms with Gasteiger partial charge >= 0.3 is 5.69 Å². The van der Waals surface area contributed by atoms with Gasteiger partial charge in [0.25, 0.3) is 0 Å². The fourth-order valence-electron chi connectivity index (χ4n) is 1.73. The second kappa shape index (κ2) is 6.63. The standard InChI is InChI=1S/C11H18ClN5O2/c1-8-9(17(18)19)10(14-11(12)13-8)16(4)7-5-6-15(2)3/h5-7H2,1-4H3. The summed E-state index contributed by atoms with van der Waals surface area (Å²) in [6.07, 6.45) is 0.876. The quantitative estimate of drug-likeness (QED) is 0.451. The number of nitro groups is 1. The lowest BCUT2D eigenvalue weighted by molar-refractivity contribution is -0.385. The fourth-order valence-corrected chi connectivity index (χ4v) is 1.94. The van der Waals surface area contributed by atoms with Gasteiger partial charge < -0.3 is 9.80 Å². The molecule has 0 fully saturated rings. The zero-order valence-corrected chi connectivity index (χ0v) is 12.3. The molecule has 19 heavy (non-hydrogen) atoms. The summed E-state index contributed by atoms with van der Waals surface area (Å²) in [7, 11) is 5.73. The SMILES string of the molecule is Cc1nc(Cl)nc(N(C)CCCN(C)C)c1[N+](=O)[O-]. The zero-order valence-electron chi connectivity index (χ0n) is 11.6. The minimum absolute atomic E-state index is 0.0255. The average molecular weight is 288 g/mol. The van der Waals surface area contributed by atoms with Gasteiger partial charge in [0.05, 0.1) is 4.92 Å². The van der Waals surface area contributed by atoms with Crippen LogP contribution in [0.1, 0.15) is 12.1 Å². The fraction of sp³-hybridized carbons (Fsp3) is 0.636. The topological polar surface area (TPSA) is 75.4 Å². The lowest BCUT2D eigenvalue weighted by atomic mass is 10.3. The molecule has 0 spiro atoms. The molecule has 0 aromatic carbocycles. The van der Waals surface area contributed by atoms with Crippen molar-refractivity contribution in [2.24, 2.45) is 0 Å². The van der Waals surface area contributed by atoms with Crippen molar-refractivity contribution in [1.82, 2.24) is 14.9 Å². The molecule has 1 rings (SSSR count). The second-order valence-corrected chi connectivity index (χ2v) is 4.92. The third kappa shape index (κ3) is 4.29. The molecule has 0 aliphatic carbocycles. The first-order chi connectivity index (χ1) is 8.82. The number of nitrogens with zero attached hydrogens (tertiary/aromatic N) is 5. The zero-order chi connectivity index (χ0) is 14.6. The highest BCUT2D eigenvalue weighted by atomic mass is 35.5. The Morgan fingerprint density at radius 2 is 1.89 bits per heavy atom. The van der Waals surface area contributed by atoms with Crippen LogP contribution in [0, 0.1) is 17.0 Å². The van der Waals surface area contributed by atoms with Crippen LogP contribution in [0.5, 0.6) is 0 Å². The van der Waals surface area contributed by atoms with Gasteiger partial charge in [-0.3, -0.25) is 10.1 Å². The smallest absolute Gasteiger partial charge is 0.332 e. The predicted octanol–water partition coefficient (Wildman–Crippen LogP) is 1.73. The number of halogens is 1. The number of rotatable bonds is 6. The van der Waals surface area contributed by atoms with Gasteiger partial charge in [0.2, 0.25) is 11.1 Å². The average Bonchev–Trinajstić information content (AvgIpc) is 2.26. The first-order valence-corrected chi connectivity index (χ1v) is 6.25. The van der Waals surface area contributed by atoms with E-state index in [0.717, 1.165) is 13.0 Å². The number of hydrogen-bond donors (Lipinski definition) is 0. The Balaban J connectivity index is 2.94. The van der Waals surface area contributed by atoms with Crippen LogP contribution in [0.2, 0.25) is 5.28 Å². The van der Waals surface area contributed by atoms with Gasteiger partial charge in [0.1, 0.15) is 5.69 Å². The highest BCUT2D eigenvalue weighted by Crippen LogP contribution is 2.28. The van der Waals surface area contributed by atoms with Crippen LogP contribution in [0.3, 0.4) is 0 Å². The summed E-state index contributed by atoms with van der Waals surface area (Å²) in [4.78, 5) is 22.2. The van der Waals surface area contributed by atoms with Gasteiger partial charge in [-0.1, -0.05) is 0 Å². The number of aryl methyl sites for hydroxylation is 1. The lowest BCUT2D eigenvalue weighted by Gasteiger charge is -2.19. The Kier molecular flexibility index (Phi) is 5.44. The number of aromatic nitrogens is 2. The normalized spacial score (nSPS) is 10.8. The number of hydrogen-bond acceptors (Lipinski definition) is 6. The molecule has 1 aromatic rings. The van der Waals surface area contributed by atoms with Crippen LogP contribution in [0.4, 0.5) is 11.5 Å². The molecule has 0 radical (unpaired) electrons. The van der Waals surface area contributed by atoms with Crippen molar-refractivity contribution < 1.29 is 4.92 Å². The van der Waals surface area contributed by atoms with Gasteiger partial charge in [-0.2, -0.15) is 4.98 Å². The predicted molar refractivity (Wildman–Crippen MR) is 74.9 cm³/mol. The molecule has 0 saturated heterocycles. The highest BCUT2D eigenvalue weighted by molar-refractivity contribution is 6.28. The highest BCUT2D eigenvalue weighted by Gasteiger charge is 2.24. The van der Waals surface area contributed by atoms with E-state index in [1.54, 1.807) is 18.9 Å². The minimum atomic E-state index is -0.469. The molecule has 0 atom stereocenters. The first-order valence-electron chi connectivity index (χ1n) is 5.87. The molecule has 0 saturated carbocycles. The van der Waals surface area contributed by atoms with E-state index in [4.69, 9.17) is 11.6 Å². The van der Waals surface area contributed by atoms with Crippen LogP contribution >= 0.6 is 11.6 Å². The van der Waals surface area contributed by atoms with E-state index in [2.05, 4.69) is 14.9 Å². The summed E-state index contributed by atoms with van der Waals surface area (Å²) < 4.78 is 0. The van der Waals surface area contributed by atoms with Crippen molar-refractivity contribution in [2.75, 3.05) is 39.1 Å². The molecule has 1 aromatic heterocycles. The van der Waals surface area contributed by atoms with Crippen LogP contribution in [0.15, 0.2) is 0 Å². The molecular weight excluding hydrogens is 270 g/mol. The molecule has 0 bridgehead atoms. The Morgan fingerprint density at radius 1 is 1.26 bits per heavy atom. The minimum Gasteiger partial charge on any atom is -0.354 e. The van der Waals surface area contributed by atoms with Crippen molar-refractivity contribution in [1.29, 1.82) is 0 Å². The summed E-state index contributed by atoms with van der Waals surface area (Å²) in [5, 5.41) is 11.1. The Morgan fingerprint density at radius 3 is 2.42 bits per heavy atom. The van der Waals surface area contributed by atoms with Crippen molar-refractivity contribution in [3.8, 4) is 0 Å². The molecular formula is C11H18ClN5O2. The van der Waals surface area contributed by atoms with E-state index in [1.165, 1.54) is 0 Å². The Bertz CT molecular complexity index is 467. The summed E-state index contributed by atoms with van der Waals surface area (Å²) >= 11 is 5.78. The maximum absolute atomic E-state index is 11.1. The van der Waals surface area contributed by atoms with E-state index in [9.17, 15) is 10.1 Å². The Hall–Kier alpha value is -1.47. The van der Waals surface area contributed by atoms with Gasteiger partial charge in [-0.25, -0.2) is 4.98 Å². The summed E-state index contributed by atoms with van der Waals surface area (Å²) in [5.41, 5.74) is 0.191. The third-order valence-corrected chi connectivity index (χ3v) is 2.82. The number of anilines is 1.